The van der Waals surface area contributed by atoms with Crippen molar-refractivity contribution in [2.45, 2.75) is 51.0 Å². The monoisotopic (exact) mass is 484 g/mol. The van der Waals surface area contributed by atoms with Gasteiger partial charge in [-0.25, -0.2) is 8.42 Å². The number of hydrogen-bond acceptors (Lipinski definition) is 7. The van der Waals surface area contributed by atoms with Gasteiger partial charge in [-0.2, -0.15) is 9.29 Å². The van der Waals surface area contributed by atoms with Gasteiger partial charge in [-0.05, 0) is 61.7 Å². The minimum absolute atomic E-state index is 0.153. The second-order valence-electron chi connectivity index (χ2n) is 8.30. The van der Waals surface area contributed by atoms with Crippen LogP contribution in [0.25, 0.3) is 0 Å². The van der Waals surface area contributed by atoms with E-state index in [-0.39, 0.29) is 17.4 Å². The molecule has 180 valence electrons. The number of hydrogen-bond donors (Lipinski definition) is 1. The zero-order chi connectivity index (χ0) is 24.1. The summed E-state index contributed by atoms with van der Waals surface area (Å²) < 4.78 is 38.6. The molecule has 1 aliphatic heterocycles. The summed E-state index contributed by atoms with van der Waals surface area (Å²) in [7, 11) is -3.62. The Hall–Kier alpha value is -3.24. The second kappa shape index (κ2) is 10.4. The molecule has 34 heavy (non-hydrogen) atoms. The number of aromatic nitrogens is 2. The average Bonchev–Trinajstić information content (AvgIpc) is 3.06. The Kier molecular flexibility index (Phi) is 7.28. The number of carbonyl (C=O) groups is 1. The first-order valence-electron chi connectivity index (χ1n) is 11.3. The van der Waals surface area contributed by atoms with E-state index in [1.165, 1.54) is 6.07 Å². The molecule has 0 unspecified atom stereocenters. The van der Waals surface area contributed by atoms with Crippen molar-refractivity contribution in [3.8, 4) is 5.75 Å². The number of nitrogens with zero attached hydrogens (tertiary/aromatic N) is 3. The first-order valence-corrected chi connectivity index (χ1v) is 12.7. The van der Waals surface area contributed by atoms with Crippen molar-refractivity contribution in [3.05, 3.63) is 65.3 Å². The minimum Gasteiger partial charge on any atom is -0.485 e. The average molecular weight is 485 g/mol. The molecule has 10 heteroatoms. The maximum atomic E-state index is 13.3. The molecule has 1 aromatic heterocycles. The highest BCUT2D eigenvalue weighted by Gasteiger charge is 2.27. The van der Waals surface area contributed by atoms with Gasteiger partial charge in [-0.3, -0.25) is 4.79 Å². The van der Waals surface area contributed by atoms with Crippen molar-refractivity contribution in [1.82, 2.24) is 14.4 Å². The smallest absolute Gasteiger partial charge is 0.255 e. The Morgan fingerprint density at radius 3 is 2.41 bits per heavy atom. The molecule has 3 aromatic rings. The lowest BCUT2D eigenvalue weighted by Gasteiger charge is -2.21. The van der Waals surface area contributed by atoms with Crippen LogP contribution in [0.15, 0.2) is 51.9 Å². The topological polar surface area (TPSA) is 115 Å². The van der Waals surface area contributed by atoms with Crippen LogP contribution in [0, 0.1) is 13.8 Å². The molecule has 1 N–H and O–H groups in total. The summed E-state index contributed by atoms with van der Waals surface area (Å²) >= 11 is 0. The normalized spacial score (nSPS) is 15.0. The van der Waals surface area contributed by atoms with E-state index in [0.29, 0.717) is 47.4 Å². The Balaban J connectivity index is 1.43. The van der Waals surface area contributed by atoms with Gasteiger partial charge < -0.3 is 14.6 Å². The van der Waals surface area contributed by atoms with Crippen LogP contribution in [0.5, 0.6) is 5.75 Å². The van der Waals surface area contributed by atoms with Gasteiger partial charge in [0.15, 0.2) is 6.61 Å². The SMILES string of the molecule is Cc1nc(COc2ccc(C(=O)Nc3ccc(C)c(S(=O)(=O)N4CCCCCC4)c3)cc2)no1. The number of anilines is 1. The quantitative estimate of drug-likeness (QED) is 0.537. The minimum atomic E-state index is -3.62. The molecule has 0 aliphatic carbocycles. The summed E-state index contributed by atoms with van der Waals surface area (Å²) in [5.74, 6) is 1.11. The van der Waals surface area contributed by atoms with Gasteiger partial charge in [-0.1, -0.05) is 24.1 Å². The highest BCUT2D eigenvalue weighted by atomic mass is 32.2. The first-order chi connectivity index (χ1) is 16.3. The number of amides is 1. The van der Waals surface area contributed by atoms with E-state index in [1.807, 2.05) is 0 Å². The summed E-state index contributed by atoms with van der Waals surface area (Å²) in [6.45, 7) is 4.68. The number of rotatable bonds is 7. The molecule has 1 saturated heterocycles. The predicted octanol–water partition coefficient (Wildman–Crippen LogP) is 4.08. The van der Waals surface area contributed by atoms with Crippen molar-refractivity contribution < 1.29 is 22.5 Å². The van der Waals surface area contributed by atoms with Crippen molar-refractivity contribution in [1.29, 1.82) is 0 Å². The Morgan fingerprint density at radius 1 is 1.06 bits per heavy atom. The van der Waals surface area contributed by atoms with Gasteiger partial charge in [0.1, 0.15) is 5.75 Å². The van der Waals surface area contributed by atoms with Gasteiger partial charge >= 0.3 is 0 Å². The van der Waals surface area contributed by atoms with E-state index in [9.17, 15) is 13.2 Å². The van der Waals surface area contributed by atoms with E-state index in [4.69, 9.17) is 9.26 Å². The molecule has 9 nitrogen and oxygen atoms in total. The van der Waals surface area contributed by atoms with Crippen LogP contribution in [0.1, 0.15) is 53.3 Å². The zero-order valence-electron chi connectivity index (χ0n) is 19.3. The van der Waals surface area contributed by atoms with E-state index in [1.54, 1.807) is 54.6 Å². The molecule has 0 spiro atoms. The maximum absolute atomic E-state index is 13.3. The van der Waals surface area contributed by atoms with Crippen molar-refractivity contribution in [3.63, 3.8) is 0 Å². The number of sulfonamides is 1. The summed E-state index contributed by atoms with van der Waals surface area (Å²) in [4.78, 5) is 17.1. The fraction of sp³-hybridized carbons (Fsp3) is 0.375. The van der Waals surface area contributed by atoms with E-state index >= 15 is 0 Å². The molecule has 0 bridgehead atoms. The summed E-state index contributed by atoms with van der Waals surface area (Å²) in [6, 6.07) is 11.6. The van der Waals surface area contributed by atoms with Crippen LogP contribution in [0.3, 0.4) is 0 Å². The van der Waals surface area contributed by atoms with Gasteiger partial charge in [0.2, 0.25) is 21.7 Å². The number of carbonyl (C=O) groups excluding carboxylic acids is 1. The molecule has 2 aromatic carbocycles. The lowest BCUT2D eigenvalue weighted by Crippen LogP contribution is -2.32. The van der Waals surface area contributed by atoms with Crippen molar-refractivity contribution in [2.24, 2.45) is 0 Å². The molecule has 0 radical (unpaired) electrons. The fourth-order valence-corrected chi connectivity index (χ4v) is 5.60. The van der Waals surface area contributed by atoms with Crippen LogP contribution in [0.2, 0.25) is 0 Å². The fourth-order valence-electron chi connectivity index (χ4n) is 3.83. The van der Waals surface area contributed by atoms with Crippen molar-refractivity contribution in [2.75, 3.05) is 18.4 Å². The molecule has 0 saturated carbocycles. The van der Waals surface area contributed by atoms with Crippen LogP contribution >= 0.6 is 0 Å². The lowest BCUT2D eigenvalue weighted by atomic mass is 10.2. The van der Waals surface area contributed by atoms with Crippen LogP contribution in [-0.4, -0.2) is 41.9 Å². The third-order valence-electron chi connectivity index (χ3n) is 5.68. The predicted molar refractivity (Wildman–Crippen MR) is 126 cm³/mol. The number of aryl methyl sites for hydroxylation is 2. The first kappa shape index (κ1) is 23.9. The molecule has 1 fully saturated rings. The molecule has 4 rings (SSSR count). The molecular formula is C24H28N4O5S. The summed E-state index contributed by atoms with van der Waals surface area (Å²) in [5.41, 5.74) is 1.50. The van der Waals surface area contributed by atoms with Crippen LogP contribution < -0.4 is 10.1 Å². The van der Waals surface area contributed by atoms with E-state index in [0.717, 1.165) is 25.7 Å². The van der Waals surface area contributed by atoms with E-state index < -0.39 is 10.0 Å². The lowest BCUT2D eigenvalue weighted by molar-refractivity contribution is 0.102. The van der Waals surface area contributed by atoms with Gasteiger partial charge in [0.25, 0.3) is 5.91 Å². The third-order valence-corrected chi connectivity index (χ3v) is 7.72. The molecule has 1 aliphatic rings. The largest absolute Gasteiger partial charge is 0.485 e. The zero-order valence-corrected chi connectivity index (χ0v) is 20.1. The van der Waals surface area contributed by atoms with Gasteiger partial charge in [0.05, 0.1) is 4.90 Å². The van der Waals surface area contributed by atoms with Crippen LogP contribution in [0.4, 0.5) is 5.69 Å². The standard InChI is InChI=1S/C24H28N4O5S/c1-17-7-10-20(15-22(17)34(30,31)28-13-5-3-4-6-14-28)26-24(29)19-8-11-21(12-9-19)32-16-23-25-18(2)33-27-23/h7-12,15H,3-6,13-14,16H2,1-2H3,(H,26,29). The Morgan fingerprint density at radius 2 is 1.76 bits per heavy atom. The maximum Gasteiger partial charge on any atom is 0.255 e. The third kappa shape index (κ3) is 5.63. The molecule has 1 amide bonds. The summed E-state index contributed by atoms with van der Waals surface area (Å²) in [5, 5.41) is 6.57. The van der Waals surface area contributed by atoms with Crippen LogP contribution in [-0.2, 0) is 16.6 Å². The van der Waals surface area contributed by atoms with Gasteiger partial charge in [-0.15, -0.1) is 0 Å². The number of ether oxygens (including phenoxy) is 1. The Bertz CT molecular complexity index is 1250. The highest BCUT2D eigenvalue weighted by molar-refractivity contribution is 7.89. The number of benzene rings is 2. The van der Waals surface area contributed by atoms with Gasteiger partial charge in [0, 0.05) is 31.3 Å². The Labute approximate surface area is 199 Å². The summed E-state index contributed by atoms with van der Waals surface area (Å²) in [6.07, 6.45) is 3.82. The highest BCUT2D eigenvalue weighted by Crippen LogP contribution is 2.26. The van der Waals surface area contributed by atoms with Crippen molar-refractivity contribution >= 4 is 21.6 Å². The molecule has 2 heterocycles. The molecule has 0 atom stereocenters. The second-order valence-corrected chi connectivity index (χ2v) is 10.2. The van der Waals surface area contributed by atoms with E-state index in [2.05, 4.69) is 15.5 Å². The molecular weight excluding hydrogens is 456 g/mol. The number of nitrogens with one attached hydrogen (secondary N) is 1.